The van der Waals surface area contributed by atoms with E-state index < -0.39 is 0 Å². The first-order valence-corrected chi connectivity index (χ1v) is 6.89. The van der Waals surface area contributed by atoms with E-state index >= 15 is 0 Å². The predicted octanol–water partition coefficient (Wildman–Crippen LogP) is 2.09. The summed E-state index contributed by atoms with van der Waals surface area (Å²) in [6, 6.07) is 1.43. The fourth-order valence-corrected chi connectivity index (χ4v) is 3.01. The SMILES string of the molecule is ClCc1coc(N2CCCN3CCCC3C2)n1. The Morgan fingerprint density at radius 2 is 2.24 bits per heavy atom. The van der Waals surface area contributed by atoms with Crippen molar-refractivity contribution >= 4 is 17.6 Å². The third kappa shape index (κ3) is 2.29. The van der Waals surface area contributed by atoms with Crippen molar-refractivity contribution in [3.8, 4) is 0 Å². The van der Waals surface area contributed by atoms with E-state index in [1.54, 1.807) is 6.26 Å². The summed E-state index contributed by atoms with van der Waals surface area (Å²) in [5.41, 5.74) is 0.828. The quantitative estimate of drug-likeness (QED) is 0.758. The number of hydrogen-bond donors (Lipinski definition) is 0. The molecular formula is C12H18ClN3O. The van der Waals surface area contributed by atoms with Crippen LogP contribution in [0.5, 0.6) is 0 Å². The Bertz CT molecular complexity index is 382. The molecule has 0 aliphatic carbocycles. The van der Waals surface area contributed by atoms with Crippen molar-refractivity contribution in [2.45, 2.75) is 31.2 Å². The minimum atomic E-state index is 0.424. The van der Waals surface area contributed by atoms with E-state index in [9.17, 15) is 0 Å². The van der Waals surface area contributed by atoms with Crippen LogP contribution in [0.3, 0.4) is 0 Å². The Balaban J connectivity index is 1.74. The Hall–Kier alpha value is -0.740. The summed E-state index contributed by atoms with van der Waals surface area (Å²) in [4.78, 5) is 9.29. The molecule has 4 nitrogen and oxygen atoms in total. The van der Waals surface area contributed by atoms with Crippen LogP contribution in [0.2, 0.25) is 0 Å². The molecule has 1 atom stereocenters. The van der Waals surface area contributed by atoms with Crippen LogP contribution in [0.4, 0.5) is 6.01 Å². The van der Waals surface area contributed by atoms with Gasteiger partial charge in [-0.1, -0.05) is 0 Å². The summed E-state index contributed by atoms with van der Waals surface area (Å²) >= 11 is 5.75. The van der Waals surface area contributed by atoms with Crippen LogP contribution in [0.1, 0.15) is 25.0 Å². The molecule has 0 radical (unpaired) electrons. The van der Waals surface area contributed by atoms with Crippen LogP contribution in [-0.4, -0.2) is 42.1 Å². The van der Waals surface area contributed by atoms with Crippen LogP contribution in [0, 0.1) is 0 Å². The molecule has 0 aromatic carbocycles. The van der Waals surface area contributed by atoms with Gasteiger partial charge in [-0.2, -0.15) is 4.98 Å². The topological polar surface area (TPSA) is 32.5 Å². The molecule has 0 spiro atoms. The molecule has 17 heavy (non-hydrogen) atoms. The lowest BCUT2D eigenvalue weighted by Gasteiger charge is -2.24. The average Bonchev–Trinajstić information content (AvgIpc) is 2.94. The van der Waals surface area contributed by atoms with E-state index in [2.05, 4.69) is 14.8 Å². The number of anilines is 1. The number of nitrogens with zero attached hydrogens (tertiary/aromatic N) is 3. The molecule has 5 heteroatoms. The van der Waals surface area contributed by atoms with Crippen molar-refractivity contribution in [2.24, 2.45) is 0 Å². The van der Waals surface area contributed by atoms with Crippen molar-refractivity contribution in [1.82, 2.24) is 9.88 Å². The van der Waals surface area contributed by atoms with Gasteiger partial charge in [0.2, 0.25) is 0 Å². The van der Waals surface area contributed by atoms with E-state index in [0.29, 0.717) is 11.9 Å². The molecule has 2 aliphatic heterocycles. The maximum absolute atomic E-state index is 5.75. The fourth-order valence-electron chi connectivity index (χ4n) is 2.88. The molecule has 0 saturated carbocycles. The zero-order chi connectivity index (χ0) is 11.7. The van der Waals surface area contributed by atoms with Crippen molar-refractivity contribution < 1.29 is 4.42 Å². The second-order valence-corrected chi connectivity index (χ2v) is 5.15. The van der Waals surface area contributed by atoms with E-state index in [1.165, 1.54) is 32.4 Å². The summed E-state index contributed by atoms with van der Waals surface area (Å²) in [7, 11) is 0. The van der Waals surface area contributed by atoms with Gasteiger partial charge in [0.25, 0.3) is 6.01 Å². The van der Waals surface area contributed by atoms with Crippen molar-refractivity contribution in [2.75, 3.05) is 31.1 Å². The number of aromatic nitrogens is 1. The molecule has 1 aromatic heterocycles. The predicted molar refractivity (Wildman–Crippen MR) is 67.5 cm³/mol. The third-order valence-corrected chi connectivity index (χ3v) is 4.02. The Labute approximate surface area is 107 Å². The van der Waals surface area contributed by atoms with Gasteiger partial charge in [-0.3, -0.25) is 4.90 Å². The molecule has 2 saturated heterocycles. The Morgan fingerprint density at radius 3 is 3.06 bits per heavy atom. The van der Waals surface area contributed by atoms with E-state index in [-0.39, 0.29) is 0 Å². The number of oxazole rings is 1. The number of fused-ring (bicyclic) bond motifs is 1. The standard InChI is InChI=1S/C12H18ClN3O/c13-7-10-9-17-12(14-10)16-6-2-5-15-4-1-3-11(15)8-16/h9,11H,1-8H2. The normalized spacial score (nSPS) is 25.9. The smallest absolute Gasteiger partial charge is 0.297 e. The molecule has 2 fully saturated rings. The van der Waals surface area contributed by atoms with Crippen LogP contribution in [0.25, 0.3) is 0 Å². The van der Waals surface area contributed by atoms with Gasteiger partial charge >= 0.3 is 0 Å². The van der Waals surface area contributed by atoms with Crippen molar-refractivity contribution in [3.63, 3.8) is 0 Å². The third-order valence-electron chi connectivity index (χ3n) is 3.75. The van der Waals surface area contributed by atoms with Gasteiger partial charge in [0.15, 0.2) is 0 Å². The highest BCUT2D eigenvalue weighted by atomic mass is 35.5. The second kappa shape index (κ2) is 4.86. The number of halogens is 1. The van der Waals surface area contributed by atoms with E-state index in [4.69, 9.17) is 16.0 Å². The maximum Gasteiger partial charge on any atom is 0.297 e. The minimum Gasteiger partial charge on any atom is -0.432 e. The van der Waals surface area contributed by atoms with Gasteiger partial charge in [0, 0.05) is 25.7 Å². The highest BCUT2D eigenvalue weighted by Gasteiger charge is 2.30. The second-order valence-electron chi connectivity index (χ2n) is 4.89. The number of hydrogen-bond acceptors (Lipinski definition) is 4. The molecule has 0 N–H and O–H groups in total. The van der Waals surface area contributed by atoms with Gasteiger partial charge < -0.3 is 9.32 Å². The van der Waals surface area contributed by atoms with Crippen LogP contribution >= 0.6 is 11.6 Å². The maximum atomic E-state index is 5.75. The molecular weight excluding hydrogens is 238 g/mol. The molecule has 3 rings (SSSR count). The van der Waals surface area contributed by atoms with Crippen LogP contribution in [-0.2, 0) is 5.88 Å². The lowest BCUT2D eigenvalue weighted by atomic mass is 10.2. The number of alkyl halides is 1. The summed E-state index contributed by atoms with van der Waals surface area (Å²) in [5.74, 6) is 0.424. The summed E-state index contributed by atoms with van der Waals surface area (Å²) in [5, 5.41) is 0. The lowest BCUT2D eigenvalue weighted by molar-refractivity contribution is 0.272. The molecule has 0 amide bonds. The average molecular weight is 256 g/mol. The minimum absolute atomic E-state index is 0.424. The van der Waals surface area contributed by atoms with Crippen LogP contribution in [0.15, 0.2) is 10.7 Å². The highest BCUT2D eigenvalue weighted by molar-refractivity contribution is 6.16. The first-order chi connectivity index (χ1) is 8.36. The summed E-state index contributed by atoms with van der Waals surface area (Å²) < 4.78 is 5.51. The van der Waals surface area contributed by atoms with Gasteiger partial charge in [-0.15, -0.1) is 11.6 Å². The van der Waals surface area contributed by atoms with Gasteiger partial charge in [-0.25, -0.2) is 0 Å². The fraction of sp³-hybridized carbons (Fsp3) is 0.750. The zero-order valence-corrected chi connectivity index (χ0v) is 10.7. The molecule has 1 unspecified atom stereocenters. The van der Waals surface area contributed by atoms with E-state index in [0.717, 1.165) is 24.8 Å². The number of rotatable bonds is 2. The van der Waals surface area contributed by atoms with Crippen molar-refractivity contribution in [3.05, 3.63) is 12.0 Å². The van der Waals surface area contributed by atoms with Crippen LogP contribution < -0.4 is 4.90 Å². The molecule has 1 aromatic rings. The summed E-state index contributed by atoms with van der Waals surface area (Å²) in [6.07, 6.45) is 5.49. The Morgan fingerprint density at radius 1 is 1.35 bits per heavy atom. The van der Waals surface area contributed by atoms with Crippen molar-refractivity contribution in [1.29, 1.82) is 0 Å². The molecule has 2 aliphatic rings. The lowest BCUT2D eigenvalue weighted by Crippen LogP contribution is -2.36. The van der Waals surface area contributed by atoms with Gasteiger partial charge in [0.05, 0.1) is 11.6 Å². The van der Waals surface area contributed by atoms with E-state index in [1.807, 2.05) is 0 Å². The largest absolute Gasteiger partial charge is 0.432 e. The Kier molecular flexibility index (Phi) is 3.25. The summed E-state index contributed by atoms with van der Waals surface area (Å²) in [6.45, 7) is 4.55. The van der Waals surface area contributed by atoms with Gasteiger partial charge in [0.1, 0.15) is 6.26 Å². The zero-order valence-electron chi connectivity index (χ0n) is 9.94. The molecule has 94 valence electrons. The monoisotopic (exact) mass is 255 g/mol. The van der Waals surface area contributed by atoms with Gasteiger partial charge in [-0.05, 0) is 25.8 Å². The first kappa shape index (κ1) is 11.4. The molecule has 3 heterocycles. The molecule has 0 bridgehead atoms. The first-order valence-electron chi connectivity index (χ1n) is 6.36. The highest BCUT2D eigenvalue weighted by Crippen LogP contribution is 2.24.